The minimum Gasteiger partial charge on any atom is -0.353 e. The summed E-state index contributed by atoms with van der Waals surface area (Å²) in [7, 11) is 0. The van der Waals surface area contributed by atoms with Crippen molar-refractivity contribution in [3.8, 4) is 11.3 Å². The topological polar surface area (TPSA) is 78.1 Å². The number of carbonyl (C=O) groups excluding carboxylic acids is 2. The van der Waals surface area contributed by atoms with Crippen molar-refractivity contribution in [2.75, 3.05) is 13.1 Å². The first-order valence-electron chi connectivity index (χ1n) is 9.69. The number of likely N-dealkylation sites (tertiary alicyclic amines) is 1. The van der Waals surface area contributed by atoms with Gasteiger partial charge in [-0.25, -0.2) is 0 Å². The van der Waals surface area contributed by atoms with E-state index in [4.69, 9.17) is 0 Å². The zero-order valence-electron chi connectivity index (χ0n) is 15.9. The molecule has 4 rings (SSSR count). The van der Waals surface area contributed by atoms with Gasteiger partial charge in [0, 0.05) is 30.6 Å². The van der Waals surface area contributed by atoms with Gasteiger partial charge in [0.05, 0.1) is 17.5 Å². The van der Waals surface area contributed by atoms with Gasteiger partial charge in [0.25, 0.3) is 5.91 Å². The number of rotatable bonds is 4. The molecule has 1 aromatic carbocycles. The lowest BCUT2D eigenvalue weighted by Gasteiger charge is -2.33. The fourth-order valence-electron chi connectivity index (χ4n) is 4.04. The Bertz CT molecular complexity index is 835. The molecule has 2 N–H and O–H groups in total. The number of hydrogen-bond acceptors (Lipinski definition) is 3. The van der Waals surface area contributed by atoms with Gasteiger partial charge in [0.1, 0.15) is 0 Å². The minimum absolute atomic E-state index is 0.0156. The molecule has 2 fully saturated rings. The van der Waals surface area contributed by atoms with Crippen LogP contribution in [0.25, 0.3) is 11.3 Å². The predicted octanol–water partition coefficient (Wildman–Crippen LogP) is 2.84. The average Bonchev–Trinajstić information content (AvgIpc) is 3.11. The van der Waals surface area contributed by atoms with Gasteiger partial charge in [-0.2, -0.15) is 5.10 Å². The van der Waals surface area contributed by atoms with Crippen molar-refractivity contribution in [2.45, 2.75) is 39.2 Å². The van der Waals surface area contributed by atoms with E-state index < -0.39 is 0 Å². The van der Waals surface area contributed by atoms with Crippen LogP contribution in [0.4, 0.5) is 0 Å². The number of benzene rings is 1. The van der Waals surface area contributed by atoms with Gasteiger partial charge in [-0.05, 0) is 24.7 Å². The zero-order chi connectivity index (χ0) is 19.0. The summed E-state index contributed by atoms with van der Waals surface area (Å²) in [5.41, 5.74) is 2.55. The Kier molecular flexibility index (Phi) is 4.50. The van der Waals surface area contributed by atoms with Crippen LogP contribution >= 0.6 is 0 Å². The van der Waals surface area contributed by atoms with E-state index in [9.17, 15) is 9.59 Å². The number of hydrogen-bond donors (Lipinski definition) is 2. The lowest BCUT2D eigenvalue weighted by molar-refractivity contribution is -0.124. The number of nitrogens with zero attached hydrogens (tertiary/aromatic N) is 2. The highest BCUT2D eigenvalue weighted by Crippen LogP contribution is 2.54. The highest BCUT2D eigenvalue weighted by atomic mass is 16.2. The Morgan fingerprint density at radius 1 is 1.22 bits per heavy atom. The van der Waals surface area contributed by atoms with Crippen LogP contribution in [-0.4, -0.2) is 46.0 Å². The lowest BCUT2D eigenvalue weighted by atomic mass is 9.92. The second kappa shape index (κ2) is 6.83. The summed E-state index contributed by atoms with van der Waals surface area (Å²) in [6.07, 6.45) is 4.55. The van der Waals surface area contributed by atoms with Crippen molar-refractivity contribution in [3.63, 3.8) is 0 Å². The smallest absolute Gasteiger partial charge is 0.257 e. The van der Waals surface area contributed by atoms with Crippen molar-refractivity contribution in [2.24, 2.45) is 11.3 Å². The quantitative estimate of drug-likeness (QED) is 0.873. The SMILES string of the molecule is CC(C)C(=O)NC1CC12CCN(C(=O)c1cn[nH]c1-c1ccccc1)CC2. The van der Waals surface area contributed by atoms with Gasteiger partial charge in [-0.15, -0.1) is 0 Å². The molecule has 1 saturated carbocycles. The van der Waals surface area contributed by atoms with Crippen molar-refractivity contribution < 1.29 is 9.59 Å². The average molecular weight is 366 g/mol. The molecule has 0 radical (unpaired) electrons. The normalized spacial score (nSPS) is 20.7. The van der Waals surface area contributed by atoms with Gasteiger partial charge in [-0.1, -0.05) is 44.2 Å². The summed E-state index contributed by atoms with van der Waals surface area (Å²) < 4.78 is 0. The molecule has 2 aliphatic rings. The monoisotopic (exact) mass is 366 g/mol. The van der Waals surface area contributed by atoms with Crippen LogP contribution in [0.15, 0.2) is 36.5 Å². The fraction of sp³-hybridized carbons (Fsp3) is 0.476. The molecule has 1 unspecified atom stereocenters. The number of aromatic nitrogens is 2. The Morgan fingerprint density at radius 3 is 2.59 bits per heavy atom. The molecule has 2 heterocycles. The number of piperidine rings is 1. The molecule has 1 aromatic heterocycles. The number of aromatic amines is 1. The molecule has 1 spiro atoms. The van der Waals surface area contributed by atoms with E-state index in [1.807, 2.05) is 49.1 Å². The Labute approximate surface area is 159 Å². The van der Waals surface area contributed by atoms with E-state index >= 15 is 0 Å². The Balaban J connectivity index is 1.40. The maximum Gasteiger partial charge on any atom is 0.257 e. The van der Waals surface area contributed by atoms with Crippen LogP contribution in [0.3, 0.4) is 0 Å². The van der Waals surface area contributed by atoms with Crippen LogP contribution in [0.2, 0.25) is 0 Å². The second-order valence-electron chi connectivity index (χ2n) is 8.10. The first-order valence-corrected chi connectivity index (χ1v) is 9.69. The van der Waals surface area contributed by atoms with Crippen molar-refractivity contribution in [1.29, 1.82) is 0 Å². The second-order valence-corrected chi connectivity index (χ2v) is 8.10. The molecule has 2 amide bonds. The molecule has 27 heavy (non-hydrogen) atoms. The first kappa shape index (κ1) is 17.8. The summed E-state index contributed by atoms with van der Waals surface area (Å²) in [4.78, 5) is 26.9. The molecule has 0 bridgehead atoms. The van der Waals surface area contributed by atoms with Gasteiger partial charge in [0.15, 0.2) is 0 Å². The van der Waals surface area contributed by atoms with Crippen molar-refractivity contribution in [1.82, 2.24) is 20.4 Å². The van der Waals surface area contributed by atoms with Crippen LogP contribution in [-0.2, 0) is 4.79 Å². The minimum atomic E-state index is 0.0156. The molecule has 1 atom stereocenters. The van der Waals surface area contributed by atoms with E-state index in [0.29, 0.717) is 5.56 Å². The van der Waals surface area contributed by atoms with Gasteiger partial charge >= 0.3 is 0 Å². The van der Waals surface area contributed by atoms with E-state index in [-0.39, 0.29) is 29.2 Å². The summed E-state index contributed by atoms with van der Waals surface area (Å²) in [5.74, 6) is 0.170. The molecular weight excluding hydrogens is 340 g/mol. The zero-order valence-corrected chi connectivity index (χ0v) is 15.9. The van der Waals surface area contributed by atoms with Crippen LogP contribution in [0.5, 0.6) is 0 Å². The Morgan fingerprint density at radius 2 is 1.93 bits per heavy atom. The molecule has 1 saturated heterocycles. The van der Waals surface area contributed by atoms with Crippen LogP contribution < -0.4 is 5.32 Å². The maximum atomic E-state index is 13.0. The third-order valence-electron chi connectivity index (χ3n) is 6.01. The summed E-state index contributed by atoms with van der Waals surface area (Å²) in [6, 6.07) is 10.1. The highest BCUT2D eigenvalue weighted by Gasteiger charge is 2.56. The summed E-state index contributed by atoms with van der Waals surface area (Å²) in [5, 5.41) is 10.2. The van der Waals surface area contributed by atoms with Crippen LogP contribution in [0.1, 0.15) is 43.5 Å². The van der Waals surface area contributed by atoms with Gasteiger partial charge in [-0.3, -0.25) is 14.7 Å². The molecular formula is C21H26N4O2. The first-order chi connectivity index (χ1) is 13.0. The Hall–Kier alpha value is -2.63. The predicted molar refractivity (Wildman–Crippen MR) is 103 cm³/mol. The van der Waals surface area contributed by atoms with Gasteiger partial charge in [0.2, 0.25) is 5.91 Å². The largest absolute Gasteiger partial charge is 0.353 e. The summed E-state index contributed by atoms with van der Waals surface area (Å²) >= 11 is 0. The molecule has 6 nitrogen and oxygen atoms in total. The van der Waals surface area contributed by atoms with E-state index in [1.54, 1.807) is 6.20 Å². The summed E-state index contributed by atoms with van der Waals surface area (Å²) in [6.45, 7) is 5.29. The maximum absolute atomic E-state index is 13.0. The fourth-order valence-corrected chi connectivity index (χ4v) is 4.04. The van der Waals surface area contributed by atoms with Crippen LogP contribution in [0, 0.1) is 11.3 Å². The highest BCUT2D eigenvalue weighted by molar-refractivity contribution is 5.99. The molecule has 2 aromatic rings. The third kappa shape index (κ3) is 3.36. The molecule has 6 heteroatoms. The van der Waals surface area contributed by atoms with E-state index in [1.165, 1.54) is 0 Å². The van der Waals surface area contributed by atoms with E-state index in [0.717, 1.165) is 43.6 Å². The van der Waals surface area contributed by atoms with Gasteiger partial charge < -0.3 is 10.2 Å². The third-order valence-corrected chi connectivity index (χ3v) is 6.01. The molecule has 142 valence electrons. The standard InChI is InChI=1S/C21H26N4O2/c1-14(2)19(26)23-17-12-21(17)8-10-25(11-9-21)20(27)16-13-22-24-18(16)15-6-4-3-5-7-15/h3-7,13-14,17H,8-12H2,1-2H3,(H,22,24)(H,23,26). The number of nitrogens with one attached hydrogen (secondary N) is 2. The number of amides is 2. The number of carbonyl (C=O) groups is 2. The molecule has 1 aliphatic carbocycles. The number of H-pyrrole nitrogens is 1. The molecule has 1 aliphatic heterocycles. The lowest BCUT2D eigenvalue weighted by Crippen LogP contribution is -2.42. The van der Waals surface area contributed by atoms with Crippen molar-refractivity contribution >= 4 is 11.8 Å². The van der Waals surface area contributed by atoms with Crippen molar-refractivity contribution in [3.05, 3.63) is 42.1 Å². The van der Waals surface area contributed by atoms with E-state index in [2.05, 4.69) is 15.5 Å².